The Morgan fingerprint density at radius 1 is 1.08 bits per heavy atom. The van der Waals surface area contributed by atoms with Gasteiger partial charge in [0, 0.05) is 26.7 Å². The van der Waals surface area contributed by atoms with Crippen molar-refractivity contribution < 1.29 is 14.3 Å². The quantitative estimate of drug-likeness (QED) is 0.746. The van der Waals surface area contributed by atoms with Crippen molar-refractivity contribution in [1.29, 1.82) is 0 Å². The topological polar surface area (TPSA) is 62.7 Å². The van der Waals surface area contributed by atoms with Crippen LogP contribution < -0.4 is 4.90 Å². The summed E-state index contributed by atoms with van der Waals surface area (Å²) in [4.78, 5) is 32.2. The van der Waals surface area contributed by atoms with Crippen LogP contribution in [0.15, 0.2) is 36.4 Å². The zero-order valence-corrected chi connectivity index (χ0v) is 15.9. The van der Waals surface area contributed by atoms with Gasteiger partial charge in [-0.25, -0.2) is 4.98 Å². The normalized spacial score (nSPS) is 10.3. The van der Waals surface area contributed by atoms with Crippen LogP contribution in [0.5, 0.6) is 0 Å². The van der Waals surface area contributed by atoms with E-state index >= 15 is 0 Å². The molecule has 2 rings (SSSR count). The molecule has 0 aliphatic rings. The van der Waals surface area contributed by atoms with Gasteiger partial charge >= 0.3 is 5.97 Å². The largest absolute Gasteiger partial charge is 0.465 e. The molecule has 138 valence electrons. The lowest BCUT2D eigenvalue weighted by molar-refractivity contribution is -0.143. The Bertz CT molecular complexity index is 803. The van der Waals surface area contributed by atoms with Crippen molar-refractivity contribution >= 4 is 17.7 Å². The molecule has 0 atom stereocenters. The van der Waals surface area contributed by atoms with Crippen LogP contribution in [-0.4, -0.2) is 56.1 Å². The molecule has 1 aromatic carbocycles. The van der Waals surface area contributed by atoms with E-state index < -0.39 is 5.97 Å². The summed E-state index contributed by atoms with van der Waals surface area (Å²) >= 11 is 0. The average Bonchev–Trinajstić information content (AvgIpc) is 2.61. The van der Waals surface area contributed by atoms with Gasteiger partial charge in [-0.05, 0) is 31.5 Å². The smallest absolute Gasteiger partial charge is 0.325 e. The molecule has 1 aromatic heterocycles. The number of rotatable bonds is 6. The minimum absolute atomic E-state index is 0.0981. The molecule has 0 saturated carbocycles. The molecule has 0 bridgehead atoms. The van der Waals surface area contributed by atoms with E-state index in [2.05, 4.69) is 4.98 Å². The Morgan fingerprint density at radius 2 is 1.77 bits per heavy atom. The second kappa shape index (κ2) is 8.47. The molecule has 2 aromatic rings. The lowest BCUT2D eigenvalue weighted by atomic mass is 10.0. The number of benzene rings is 1. The third-order valence-electron chi connectivity index (χ3n) is 3.97. The lowest BCUT2D eigenvalue weighted by Gasteiger charge is -2.21. The van der Waals surface area contributed by atoms with E-state index in [1.807, 2.05) is 51.4 Å². The number of aryl methyl sites for hydroxylation is 1. The molecule has 1 heterocycles. The molecular formula is C20H25N3O3. The van der Waals surface area contributed by atoms with Crippen LogP contribution >= 0.6 is 0 Å². The van der Waals surface area contributed by atoms with Crippen molar-refractivity contribution in [1.82, 2.24) is 9.88 Å². The SMILES string of the molecule is CCOC(=O)CN(C)C(=O)c1ccc(-c2ccccc2C)nc1N(C)C. The fraction of sp³-hybridized carbons (Fsp3) is 0.350. The van der Waals surface area contributed by atoms with Crippen molar-refractivity contribution in [3.8, 4) is 11.3 Å². The first kappa shape index (κ1) is 19.4. The van der Waals surface area contributed by atoms with E-state index in [4.69, 9.17) is 4.74 Å². The first-order valence-electron chi connectivity index (χ1n) is 8.50. The number of pyridine rings is 1. The monoisotopic (exact) mass is 355 g/mol. The minimum Gasteiger partial charge on any atom is -0.465 e. The van der Waals surface area contributed by atoms with Gasteiger partial charge in [0.25, 0.3) is 5.91 Å². The minimum atomic E-state index is -0.431. The summed E-state index contributed by atoms with van der Waals surface area (Å²) in [6, 6.07) is 11.6. The van der Waals surface area contributed by atoms with Gasteiger partial charge in [0.2, 0.25) is 0 Å². The summed E-state index contributed by atoms with van der Waals surface area (Å²) in [6.07, 6.45) is 0. The highest BCUT2D eigenvalue weighted by atomic mass is 16.5. The van der Waals surface area contributed by atoms with Crippen LogP contribution in [0.2, 0.25) is 0 Å². The van der Waals surface area contributed by atoms with Gasteiger partial charge in [-0.3, -0.25) is 9.59 Å². The number of esters is 1. The molecule has 0 saturated heterocycles. The van der Waals surface area contributed by atoms with Crippen molar-refractivity contribution in [3.63, 3.8) is 0 Å². The number of amides is 1. The van der Waals surface area contributed by atoms with E-state index in [0.29, 0.717) is 11.4 Å². The maximum Gasteiger partial charge on any atom is 0.325 e. The molecule has 6 heteroatoms. The number of nitrogens with zero attached hydrogens (tertiary/aromatic N) is 3. The second-order valence-corrected chi connectivity index (χ2v) is 6.24. The van der Waals surface area contributed by atoms with Gasteiger partial charge < -0.3 is 14.5 Å². The number of anilines is 1. The fourth-order valence-corrected chi connectivity index (χ4v) is 2.64. The fourth-order valence-electron chi connectivity index (χ4n) is 2.64. The molecule has 0 fully saturated rings. The van der Waals surface area contributed by atoms with E-state index in [1.54, 1.807) is 24.9 Å². The van der Waals surface area contributed by atoms with E-state index in [9.17, 15) is 9.59 Å². The molecule has 6 nitrogen and oxygen atoms in total. The number of carbonyl (C=O) groups excluding carboxylic acids is 2. The third kappa shape index (κ3) is 4.39. The van der Waals surface area contributed by atoms with Gasteiger partial charge in [-0.2, -0.15) is 0 Å². The summed E-state index contributed by atoms with van der Waals surface area (Å²) < 4.78 is 4.91. The van der Waals surface area contributed by atoms with Crippen LogP contribution in [-0.2, 0) is 9.53 Å². The molecule has 26 heavy (non-hydrogen) atoms. The number of aromatic nitrogens is 1. The summed E-state index contributed by atoms with van der Waals surface area (Å²) in [5.41, 5.74) is 3.38. The van der Waals surface area contributed by atoms with Crippen LogP contribution in [0, 0.1) is 6.92 Å². The molecule has 1 amide bonds. The van der Waals surface area contributed by atoms with E-state index in [0.717, 1.165) is 16.8 Å². The highest BCUT2D eigenvalue weighted by Crippen LogP contribution is 2.26. The van der Waals surface area contributed by atoms with Gasteiger partial charge in [0.15, 0.2) is 0 Å². The number of hydrogen-bond donors (Lipinski definition) is 0. The van der Waals surface area contributed by atoms with Gasteiger partial charge in [0.05, 0.1) is 17.9 Å². The van der Waals surface area contributed by atoms with Crippen molar-refractivity contribution in [3.05, 3.63) is 47.5 Å². The summed E-state index contributed by atoms with van der Waals surface area (Å²) in [6.45, 7) is 3.95. The van der Waals surface area contributed by atoms with Crippen molar-refractivity contribution in [2.45, 2.75) is 13.8 Å². The third-order valence-corrected chi connectivity index (χ3v) is 3.97. The summed E-state index contributed by atoms with van der Waals surface area (Å²) in [7, 11) is 5.26. The van der Waals surface area contributed by atoms with Gasteiger partial charge in [0.1, 0.15) is 12.4 Å². The summed E-state index contributed by atoms with van der Waals surface area (Å²) in [5.74, 6) is -0.142. The van der Waals surface area contributed by atoms with Crippen LogP contribution in [0.4, 0.5) is 5.82 Å². The zero-order valence-electron chi connectivity index (χ0n) is 15.9. The number of carbonyl (C=O) groups is 2. The molecular weight excluding hydrogens is 330 g/mol. The first-order valence-corrected chi connectivity index (χ1v) is 8.50. The van der Waals surface area contributed by atoms with Crippen molar-refractivity contribution in [2.75, 3.05) is 39.2 Å². The number of ether oxygens (including phenoxy) is 1. The Kier molecular flexibility index (Phi) is 6.33. The van der Waals surface area contributed by atoms with Crippen LogP contribution in [0.3, 0.4) is 0 Å². The molecule has 0 N–H and O–H groups in total. The maximum atomic E-state index is 12.8. The highest BCUT2D eigenvalue weighted by molar-refractivity contribution is 6.00. The zero-order chi connectivity index (χ0) is 19.3. The Hall–Kier alpha value is -2.89. The van der Waals surface area contributed by atoms with Crippen LogP contribution in [0.1, 0.15) is 22.8 Å². The number of likely N-dealkylation sites (N-methyl/N-ethyl adjacent to an activating group) is 1. The predicted octanol–water partition coefficient (Wildman–Crippen LogP) is 2.76. The maximum absolute atomic E-state index is 12.8. The Balaban J connectivity index is 2.36. The van der Waals surface area contributed by atoms with Crippen LogP contribution in [0.25, 0.3) is 11.3 Å². The van der Waals surface area contributed by atoms with Gasteiger partial charge in [-0.1, -0.05) is 24.3 Å². The molecule has 0 aliphatic carbocycles. The number of hydrogen-bond acceptors (Lipinski definition) is 5. The molecule has 0 aliphatic heterocycles. The Labute approximate surface area is 154 Å². The molecule has 0 radical (unpaired) electrons. The standard InChI is InChI=1S/C20H25N3O3/c1-6-26-18(24)13-23(5)20(25)16-11-12-17(21-19(16)22(3)4)15-10-8-7-9-14(15)2/h7-12H,6,13H2,1-5H3. The second-order valence-electron chi connectivity index (χ2n) is 6.24. The average molecular weight is 355 g/mol. The van der Waals surface area contributed by atoms with E-state index in [1.165, 1.54) is 4.90 Å². The Morgan fingerprint density at radius 3 is 2.38 bits per heavy atom. The molecule has 0 spiro atoms. The highest BCUT2D eigenvalue weighted by Gasteiger charge is 2.21. The lowest BCUT2D eigenvalue weighted by Crippen LogP contribution is -2.34. The van der Waals surface area contributed by atoms with E-state index in [-0.39, 0.29) is 19.1 Å². The predicted molar refractivity (Wildman–Crippen MR) is 102 cm³/mol. The van der Waals surface area contributed by atoms with Gasteiger partial charge in [-0.15, -0.1) is 0 Å². The molecule has 0 unspecified atom stereocenters. The van der Waals surface area contributed by atoms with Crippen molar-refractivity contribution in [2.24, 2.45) is 0 Å². The summed E-state index contributed by atoms with van der Waals surface area (Å²) in [5, 5.41) is 0. The first-order chi connectivity index (χ1) is 12.3.